The van der Waals surface area contributed by atoms with Gasteiger partial charge in [-0.3, -0.25) is 4.79 Å². The Labute approximate surface area is 113 Å². The fourth-order valence-corrected chi connectivity index (χ4v) is 3.08. The average Bonchev–Trinajstić information content (AvgIpc) is 2.43. The third-order valence-corrected chi connectivity index (χ3v) is 3.88. The summed E-state index contributed by atoms with van der Waals surface area (Å²) in [5, 5.41) is 0. The summed E-state index contributed by atoms with van der Waals surface area (Å²) in [7, 11) is 0. The molecule has 0 saturated heterocycles. The molecule has 0 bridgehead atoms. The molecular weight excluding hydrogens is 222 g/mol. The van der Waals surface area contributed by atoms with Crippen LogP contribution in [0.3, 0.4) is 0 Å². The molecule has 18 heavy (non-hydrogen) atoms. The highest BCUT2D eigenvalue weighted by Crippen LogP contribution is 2.37. The summed E-state index contributed by atoms with van der Waals surface area (Å²) in [4.78, 5) is 14.8. The number of carbonyl (C=O) groups is 1. The van der Waals surface area contributed by atoms with Crippen LogP contribution in [-0.4, -0.2) is 30.3 Å². The normalized spacial score (nSPS) is 23.6. The van der Waals surface area contributed by atoms with Crippen LogP contribution in [-0.2, 0) is 4.79 Å². The maximum atomic E-state index is 12.3. The van der Waals surface area contributed by atoms with Crippen molar-refractivity contribution in [3.8, 4) is 0 Å². The highest BCUT2D eigenvalue weighted by atomic mass is 16.1. The Hall–Kier alpha value is -0.370. The molecule has 1 saturated carbocycles. The standard InChI is InChI=1S/C16H31NO/c1-12(2)9-17(10-13(3)4)11-14-7-8-16(5,6)15(14)18/h12-14H,7-11H2,1-6H3. The minimum atomic E-state index is -0.0774. The predicted molar refractivity (Wildman–Crippen MR) is 77.6 cm³/mol. The molecule has 1 atom stereocenters. The first-order valence-corrected chi connectivity index (χ1v) is 7.49. The lowest BCUT2D eigenvalue weighted by Gasteiger charge is -2.28. The van der Waals surface area contributed by atoms with Crippen LogP contribution < -0.4 is 0 Å². The molecule has 1 unspecified atom stereocenters. The van der Waals surface area contributed by atoms with Crippen molar-refractivity contribution in [3.05, 3.63) is 0 Å². The first kappa shape index (κ1) is 15.7. The number of nitrogens with zero attached hydrogens (tertiary/aromatic N) is 1. The van der Waals surface area contributed by atoms with Gasteiger partial charge in [-0.2, -0.15) is 0 Å². The molecule has 1 fully saturated rings. The van der Waals surface area contributed by atoms with Crippen LogP contribution in [0.4, 0.5) is 0 Å². The lowest BCUT2D eigenvalue weighted by Crippen LogP contribution is -2.38. The van der Waals surface area contributed by atoms with Crippen molar-refractivity contribution in [3.63, 3.8) is 0 Å². The van der Waals surface area contributed by atoms with Crippen LogP contribution >= 0.6 is 0 Å². The van der Waals surface area contributed by atoms with Crippen LogP contribution in [0.15, 0.2) is 0 Å². The van der Waals surface area contributed by atoms with E-state index in [1.807, 2.05) is 0 Å². The fraction of sp³-hybridized carbons (Fsp3) is 0.938. The summed E-state index contributed by atoms with van der Waals surface area (Å²) in [5.74, 6) is 2.11. The fourth-order valence-electron chi connectivity index (χ4n) is 3.08. The van der Waals surface area contributed by atoms with Crippen LogP contribution in [0.25, 0.3) is 0 Å². The molecule has 1 rings (SSSR count). The molecule has 0 aromatic carbocycles. The molecule has 0 aliphatic heterocycles. The van der Waals surface area contributed by atoms with Crippen LogP contribution in [0.1, 0.15) is 54.4 Å². The van der Waals surface area contributed by atoms with Crippen molar-refractivity contribution in [2.75, 3.05) is 19.6 Å². The Kier molecular flexibility index (Phi) is 5.39. The van der Waals surface area contributed by atoms with E-state index in [9.17, 15) is 4.79 Å². The number of ketones is 1. The Morgan fingerprint density at radius 1 is 1.17 bits per heavy atom. The molecule has 1 aliphatic carbocycles. The summed E-state index contributed by atoms with van der Waals surface area (Å²) < 4.78 is 0. The summed E-state index contributed by atoms with van der Waals surface area (Å²) in [5.41, 5.74) is -0.0774. The minimum Gasteiger partial charge on any atom is -0.302 e. The quantitative estimate of drug-likeness (QED) is 0.721. The average molecular weight is 253 g/mol. The van der Waals surface area contributed by atoms with Gasteiger partial charge in [-0.25, -0.2) is 0 Å². The van der Waals surface area contributed by atoms with Gasteiger partial charge in [0.05, 0.1) is 0 Å². The Balaban J connectivity index is 2.58. The van der Waals surface area contributed by atoms with Crippen molar-refractivity contribution < 1.29 is 4.79 Å². The number of hydrogen-bond acceptors (Lipinski definition) is 2. The van der Waals surface area contributed by atoms with E-state index < -0.39 is 0 Å². The molecule has 1 aliphatic rings. The van der Waals surface area contributed by atoms with Crippen molar-refractivity contribution in [1.82, 2.24) is 4.90 Å². The van der Waals surface area contributed by atoms with E-state index >= 15 is 0 Å². The van der Waals surface area contributed by atoms with Gasteiger partial charge < -0.3 is 4.90 Å². The predicted octanol–water partition coefficient (Wildman–Crippen LogP) is 3.61. The second kappa shape index (κ2) is 6.18. The van der Waals surface area contributed by atoms with E-state index in [-0.39, 0.29) is 11.3 Å². The zero-order valence-electron chi connectivity index (χ0n) is 13.1. The van der Waals surface area contributed by atoms with Crippen molar-refractivity contribution in [1.29, 1.82) is 0 Å². The monoisotopic (exact) mass is 253 g/mol. The van der Waals surface area contributed by atoms with Gasteiger partial charge in [0.1, 0.15) is 5.78 Å². The largest absolute Gasteiger partial charge is 0.302 e. The second-order valence-electron chi connectivity index (χ2n) is 7.49. The summed E-state index contributed by atoms with van der Waals surface area (Å²) in [6.07, 6.45) is 2.15. The van der Waals surface area contributed by atoms with Gasteiger partial charge >= 0.3 is 0 Å². The lowest BCUT2D eigenvalue weighted by molar-refractivity contribution is -0.128. The number of Topliss-reactive ketones (excluding diaryl/α,β-unsaturated/α-hetero) is 1. The first-order chi connectivity index (χ1) is 8.22. The van der Waals surface area contributed by atoms with E-state index in [0.717, 1.165) is 32.5 Å². The number of carbonyl (C=O) groups excluding carboxylic acids is 1. The van der Waals surface area contributed by atoms with Gasteiger partial charge in [0, 0.05) is 31.0 Å². The van der Waals surface area contributed by atoms with Crippen molar-refractivity contribution in [2.24, 2.45) is 23.2 Å². The molecule has 0 spiro atoms. The summed E-state index contributed by atoms with van der Waals surface area (Å²) in [6.45, 7) is 16.4. The second-order valence-corrected chi connectivity index (χ2v) is 7.49. The Morgan fingerprint density at radius 3 is 2.00 bits per heavy atom. The maximum absolute atomic E-state index is 12.3. The molecule has 0 radical (unpaired) electrons. The van der Waals surface area contributed by atoms with Crippen molar-refractivity contribution >= 4 is 5.78 Å². The van der Waals surface area contributed by atoms with E-state index in [0.29, 0.717) is 17.6 Å². The van der Waals surface area contributed by atoms with E-state index in [1.165, 1.54) is 0 Å². The zero-order chi connectivity index (χ0) is 13.9. The summed E-state index contributed by atoms with van der Waals surface area (Å²) in [6, 6.07) is 0. The van der Waals surface area contributed by atoms with Gasteiger partial charge in [-0.1, -0.05) is 41.5 Å². The highest BCUT2D eigenvalue weighted by molar-refractivity contribution is 5.88. The summed E-state index contributed by atoms with van der Waals surface area (Å²) >= 11 is 0. The van der Waals surface area contributed by atoms with E-state index in [4.69, 9.17) is 0 Å². The smallest absolute Gasteiger partial charge is 0.142 e. The maximum Gasteiger partial charge on any atom is 0.142 e. The van der Waals surface area contributed by atoms with E-state index in [2.05, 4.69) is 46.4 Å². The molecule has 2 nitrogen and oxygen atoms in total. The molecule has 0 amide bonds. The lowest BCUT2D eigenvalue weighted by atomic mass is 9.89. The minimum absolute atomic E-state index is 0.0774. The van der Waals surface area contributed by atoms with Crippen LogP contribution in [0, 0.1) is 23.2 Å². The third-order valence-electron chi connectivity index (χ3n) is 3.88. The Bertz CT molecular complexity index is 271. The molecule has 0 N–H and O–H groups in total. The number of rotatable bonds is 6. The van der Waals surface area contributed by atoms with E-state index in [1.54, 1.807) is 0 Å². The first-order valence-electron chi connectivity index (χ1n) is 7.49. The SMILES string of the molecule is CC(C)CN(CC(C)C)CC1CCC(C)(C)C1=O. The van der Waals surface area contributed by atoms with Crippen LogP contribution in [0.2, 0.25) is 0 Å². The topological polar surface area (TPSA) is 20.3 Å². The molecule has 0 aromatic rings. The Morgan fingerprint density at radius 2 is 1.67 bits per heavy atom. The van der Waals surface area contributed by atoms with Gasteiger partial charge in [0.25, 0.3) is 0 Å². The van der Waals surface area contributed by atoms with Gasteiger partial charge in [-0.15, -0.1) is 0 Å². The molecular formula is C16H31NO. The molecule has 106 valence electrons. The molecule has 0 heterocycles. The van der Waals surface area contributed by atoms with Crippen molar-refractivity contribution in [2.45, 2.75) is 54.4 Å². The number of hydrogen-bond donors (Lipinski definition) is 0. The highest BCUT2D eigenvalue weighted by Gasteiger charge is 2.40. The van der Waals surface area contributed by atoms with Crippen LogP contribution in [0.5, 0.6) is 0 Å². The zero-order valence-corrected chi connectivity index (χ0v) is 13.1. The van der Waals surface area contributed by atoms with Gasteiger partial charge in [-0.05, 0) is 24.7 Å². The third kappa shape index (κ3) is 4.38. The molecule has 2 heteroatoms. The van der Waals surface area contributed by atoms with Gasteiger partial charge in [0.15, 0.2) is 0 Å². The van der Waals surface area contributed by atoms with Gasteiger partial charge in [0.2, 0.25) is 0 Å². The molecule has 0 aromatic heterocycles.